The van der Waals surface area contributed by atoms with Crippen molar-refractivity contribution in [1.29, 1.82) is 0 Å². The van der Waals surface area contributed by atoms with Crippen molar-refractivity contribution in [3.8, 4) is 11.5 Å². The lowest BCUT2D eigenvalue weighted by Gasteiger charge is -2.22. The summed E-state index contributed by atoms with van der Waals surface area (Å²) in [6, 6.07) is 12.3. The van der Waals surface area contributed by atoms with Crippen LogP contribution in [-0.4, -0.2) is 74.8 Å². The van der Waals surface area contributed by atoms with Crippen molar-refractivity contribution in [3.63, 3.8) is 0 Å². The van der Waals surface area contributed by atoms with Crippen molar-refractivity contribution in [2.45, 2.75) is 13.0 Å². The first-order chi connectivity index (χ1) is 17.8. The fourth-order valence-electron chi connectivity index (χ4n) is 3.50. The van der Waals surface area contributed by atoms with Crippen molar-refractivity contribution in [2.24, 2.45) is 0 Å². The van der Waals surface area contributed by atoms with Gasteiger partial charge in [0.1, 0.15) is 10.7 Å². The molecule has 37 heavy (non-hydrogen) atoms. The number of aromatic nitrogens is 1. The van der Waals surface area contributed by atoms with Crippen LogP contribution in [-0.2, 0) is 17.7 Å². The van der Waals surface area contributed by atoms with Crippen LogP contribution in [0.3, 0.4) is 0 Å². The molecule has 0 aliphatic heterocycles. The zero-order valence-electron chi connectivity index (χ0n) is 21.3. The van der Waals surface area contributed by atoms with Gasteiger partial charge < -0.3 is 29.3 Å². The van der Waals surface area contributed by atoms with E-state index in [1.807, 2.05) is 18.2 Å². The van der Waals surface area contributed by atoms with E-state index in [2.05, 4.69) is 10.3 Å². The van der Waals surface area contributed by atoms with Gasteiger partial charge in [-0.15, -0.1) is 11.3 Å². The Morgan fingerprint density at radius 2 is 1.84 bits per heavy atom. The van der Waals surface area contributed by atoms with E-state index in [-0.39, 0.29) is 18.5 Å². The first-order valence-electron chi connectivity index (χ1n) is 11.6. The van der Waals surface area contributed by atoms with E-state index in [4.69, 9.17) is 25.8 Å². The summed E-state index contributed by atoms with van der Waals surface area (Å²) in [7, 11) is 6.50. The number of hydrogen-bond donors (Lipinski definition) is 1. The highest BCUT2D eigenvalue weighted by Crippen LogP contribution is 2.27. The van der Waals surface area contributed by atoms with Crippen LogP contribution in [0, 0.1) is 0 Å². The van der Waals surface area contributed by atoms with Crippen LogP contribution in [0.2, 0.25) is 5.02 Å². The normalized spacial score (nSPS) is 10.6. The molecule has 0 saturated carbocycles. The molecule has 0 saturated heterocycles. The molecule has 0 radical (unpaired) electrons. The molecule has 2 aromatic carbocycles. The molecule has 0 unspecified atom stereocenters. The second-order valence-corrected chi connectivity index (χ2v) is 9.53. The van der Waals surface area contributed by atoms with Crippen LogP contribution in [0.1, 0.15) is 21.1 Å². The van der Waals surface area contributed by atoms with E-state index in [1.54, 1.807) is 67.8 Å². The Hall–Kier alpha value is -3.34. The zero-order valence-corrected chi connectivity index (χ0v) is 22.9. The minimum Gasteiger partial charge on any atom is -0.493 e. The van der Waals surface area contributed by atoms with Gasteiger partial charge in [-0.05, 0) is 42.3 Å². The second kappa shape index (κ2) is 13.8. The lowest BCUT2D eigenvalue weighted by Crippen LogP contribution is -2.37. The number of carbonyl (C=O) groups excluding carboxylic acids is 2. The average Bonchev–Trinajstić information content (AvgIpc) is 3.37. The minimum absolute atomic E-state index is 0.185. The van der Waals surface area contributed by atoms with E-state index in [0.717, 1.165) is 5.56 Å². The fourth-order valence-corrected chi connectivity index (χ4v) is 4.47. The smallest absolute Gasteiger partial charge is 0.322 e. The van der Waals surface area contributed by atoms with Gasteiger partial charge in [0.25, 0.3) is 5.91 Å². The van der Waals surface area contributed by atoms with E-state index in [1.165, 1.54) is 11.3 Å². The molecular formula is C26H31ClN4O5S. The Balaban J connectivity index is 1.61. The van der Waals surface area contributed by atoms with E-state index in [0.29, 0.717) is 59.0 Å². The summed E-state index contributed by atoms with van der Waals surface area (Å²) >= 11 is 7.36. The van der Waals surface area contributed by atoms with Gasteiger partial charge in [-0.2, -0.15) is 0 Å². The molecule has 9 nitrogen and oxygen atoms in total. The Labute approximate surface area is 225 Å². The lowest BCUT2D eigenvalue weighted by atomic mass is 10.1. The van der Waals surface area contributed by atoms with Gasteiger partial charge in [0, 0.05) is 43.3 Å². The third kappa shape index (κ3) is 8.08. The molecule has 0 aliphatic rings. The number of rotatable bonds is 12. The summed E-state index contributed by atoms with van der Waals surface area (Å²) in [5, 5.41) is 5.73. The molecule has 1 heterocycles. The number of urea groups is 1. The predicted molar refractivity (Wildman–Crippen MR) is 145 cm³/mol. The Morgan fingerprint density at radius 3 is 2.54 bits per heavy atom. The maximum absolute atomic E-state index is 13.0. The van der Waals surface area contributed by atoms with E-state index in [9.17, 15) is 9.59 Å². The van der Waals surface area contributed by atoms with Crippen molar-refractivity contribution in [1.82, 2.24) is 14.8 Å². The van der Waals surface area contributed by atoms with Crippen molar-refractivity contribution in [3.05, 3.63) is 69.1 Å². The van der Waals surface area contributed by atoms with Gasteiger partial charge in [-0.25, -0.2) is 9.78 Å². The summed E-state index contributed by atoms with van der Waals surface area (Å²) in [6.07, 6.45) is 0.647. The lowest BCUT2D eigenvalue weighted by molar-refractivity contribution is 0.0791. The minimum atomic E-state index is -0.311. The maximum atomic E-state index is 13.0. The Kier molecular flexibility index (Phi) is 10.6. The maximum Gasteiger partial charge on any atom is 0.322 e. The van der Waals surface area contributed by atoms with Gasteiger partial charge in [0.05, 0.1) is 27.4 Å². The molecule has 1 N–H and O–H groups in total. The molecule has 0 bridgehead atoms. The standard InChI is InChI=1S/C26H31ClN4O5S/c1-30(11-10-18-8-9-22(35-3)23(14-18)36-4)25(32)21-17-37-24(29-21)16-31(12-13-34-2)26(33)28-20-7-5-6-19(27)15-20/h5-9,14-15,17H,10-13,16H2,1-4H3,(H,28,33). The van der Waals surface area contributed by atoms with Crippen LogP contribution in [0.5, 0.6) is 11.5 Å². The summed E-state index contributed by atoms with van der Waals surface area (Å²) in [5.74, 6) is 1.12. The number of hydrogen-bond acceptors (Lipinski definition) is 7. The average molecular weight is 547 g/mol. The van der Waals surface area contributed by atoms with Crippen LogP contribution < -0.4 is 14.8 Å². The number of anilines is 1. The largest absolute Gasteiger partial charge is 0.493 e. The third-order valence-corrected chi connectivity index (χ3v) is 6.62. The molecule has 0 fully saturated rings. The van der Waals surface area contributed by atoms with Gasteiger partial charge in [-0.3, -0.25) is 4.79 Å². The van der Waals surface area contributed by atoms with E-state index >= 15 is 0 Å². The SMILES string of the molecule is COCCN(Cc1nc(C(=O)N(C)CCc2ccc(OC)c(OC)c2)cs1)C(=O)Nc1cccc(Cl)c1. The van der Waals surface area contributed by atoms with Crippen molar-refractivity contribution < 1.29 is 23.8 Å². The summed E-state index contributed by atoms with van der Waals surface area (Å²) in [5.41, 5.74) is 1.96. The fraction of sp³-hybridized carbons (Fsp3) is 0.346. The van der Waals surface area contributed by atoms with Gasteiger partial charge in [0.15, 0.2) is 11.5 Å². The second-order valence-electron chi connectivity index (χ2n) is 8.15. The number of carbonyl (C=O) groups is 2. The first-order valence-corrected chi connectivity index (χ1v) is 12.8. The molecule has 3 amide bonds. The third-order valence-electron chi connectivity index (χ3n) is 5.56. The summed E-state index contributed by atoms with van der Waals surface area (Å²) in [4.78, 5) is 33.6. The van der Waals surface area contributed by atoms with Crippen LogP contribution in [0.25, 0.3) is 0 Å². The predicted octanol–water partition coefficient (Wildman–Crippen LogP) is 4.81. The molecule has 0 aliphatic carbocycles. The monoisotopic (exact) mass is 546 g/mol. The van der Waals surface area contributed by atoms with Gasteiger partial charge in [-0.1, -0.05) is 23.7 Å². The molecule has 198 valence electrons. The zero-order chi connectivity index (χ0) is 26.8. The molecule has 1 aromatic heterocycles. The number of halogens is 1. The molecule has 11 heteroatoms. The molecule has 3 aromatic rings. The van der Waals surface area contributed by atoms with Crippen LogP contribution in [0.4, 0.5) is 10.5 Å². The summed E-state index contributed by atoms with van der Waals surface area (Å²) < 4.78 is 15.8. The van der Waals surface area contributed by atoms with Crippen LogP contribution >= 0.6 is 22.9 Å². The summed E-state index contributed by atoms with van der Waals surface area (Å²) in [6.45, 7) is 1.46. The number of methoxy groups -OCH3 is 3. The number of likely N-dealkylation sites (N-methyl/N-ethyl adjacent to an activating group) is 1. The molecule has 3 rings (SSSR count). The molecular weight excluding hydrogens is 516 g/mol. The number of amides is 3. The van der Waals surface area contributed by atoms with Gasteiger partial charge in [0.2, 0.25) is 0 Å². The van der Waals surface area contributed by atoms with Crippen molar-refractivity contribution >= 4 is 40.6 Å². The highest BCUT2D eigenvalue weighted by atomic mass is 35.5. The quantitative estimate of drug-likeness (QED) is 0.350. The number of nitrogens with one attached hydrogen (secondary N) is 1. The number of benzene rings is 2. The number of nitrogens with zero attached hydrogens (tertiary/aromatic N) is 3. The topological polar surface area (TPSA) is 93.2 Å². The number of ether oxygens (including phenoxy) is 3. The first kappa shape index (κ1) is 28.2. The van der Waals surface area contributed by atoms with Crippen molar-refractivity contribution in [2.75, 3.05) is 53.4 Å². The highest BCUT2D eigenvalue weighted by molar-refractivity contribution is 7.09. The Bertz CT molecular complexity index is 1210. The Morgan fingerprint density at radius 1 is 1.05 bits per heavy atom. The molecule has 0 atom stereocenters. The number of thiazole rings is 1. The van der Waals surface area contributed by atoms with Gasteiger partial charge >= 0.3 is 6.03 Å². The van der Waals surface area contributed by atoms with E-state index < -0.39 is 0 Å². The van der Waals surface area contributed by atoms with Crippen LogP contribution in [0.15, 0.2) is 47.8 Å². The highest BCUT2D eigenvalue weighted by Gasteiger charge is 2.20. The molecule has 0 spiro atoms.